The minimum absolute atomic E-state index is 0.172. The summed E-state index contributed by atoms with van der Waals surface area (Å²) in [5, 5.41) is 0. The van der Waals surface area contributed by atoms with Gasteiger partial charge in [0, 0.05) is 24.5 Å². The van der Waals surface area contributed by atoms with Crippen LogP contribution in [-0.2, 0) is 4.79 Å². The summed E-state index contributed by atoms with van der Waals surface area (Å²) in [7, 11) is 2.07. The Morgan fingerprint density at radius 3 is 2.67 bits per heavy atom. The molecule has 0 bridgehead atoms. The van der Waals surface area contributed by atoms with Crippen molar-refractivity contribution in [3.8, 4) is 0 Å². The molecule has 88 valence electrons. The van der Waals surface area contributed by atoms with Crippen LogP contribution in [0.15, 0.2) is 0 Å². The molecule has 1 atom stereocenters. The fourth-order valence-corrected chi connectivity index (χ4v) is 2.94. The molecule has 0 saturated carbocycles. The molecule has 0 spiro atoms. The molecule has 1 fully saturated rings. The van der Waals surface area contributed by atoms with E-state index >= 15 is 0 Å². The summed E-state index contributed by atoms with van der Waals surface area (Å²) in [6.07, 6.45) is 1.74. The van der Waals surface area contributed by atoms with Gasteiger partial charge in [0.15, 0.2) is 5.78 Å². The zero-order valence-electron chi connectivity index (χ0n) is 10.4. The number of Topliss-reactive ketones (excluding diaryl/α,β-unsaturated/α-hetero) is 1. The van der Waals surface area contributed by atoms with E-state index in [0.717, 1.165) is 25.1 Å². The Bertz CT molecular complexity index is 222. The van der Waals surface area contributed by atoms with Crippen molar-refractivity contribution in [3.63, 3.8) is 0 Å². The molecule has 0 aromatic heterocycles. The summed E-state index contributed by atoms with van der Waals surface area (Å²) in [5.74, 6) is 2.58. The first-order chi connectivity index (χ1) is 6.90. The van der Waals surface area contributed by atoms with Crippen LogP contribution in [0.3, 0.4) is 0 Å². The van der Waals surface area contributed by atoms with Gasteiger partial charge in [0.2, 0.25) is 0 Å². The Morgan fingerprint density at radius 1 is 1.47 bits per heavy atom. The van der Waals surface area contributed by atoms with Crippen LogP contribution < -0.4 is 0 Å². The number of ketones is 1. The van der Waals surface area contributed by atoms with Crippen molar-refractivity contribution in [2.75, 3.05) is 25.1 Å². The van der Waals surface area contributed by atoms with E-state index < -0.39 is 0 Å². The van der Waals surface area contributed by atoms with E-state index in [0.29, 0.717) is 5.78 Å². The zero-order valence-corrected chi connectivity index (χ0v) is 11.2. The van der Waals surface area contributed by atoms with Crippen molar-refractivity contribution in [2.24, 2.45) is 5.41 Å². The van der Waals surface area contributed by atoms with Gasteiger partial charge in [-0.2, -0.15) is 11.8 Å². The molecular weight excluding hydrogens is 206 g/mol. The molecule has 0 radical (unpaired) electrons. The average molecular weight is 229 g/mol. The van der Waals surface area contributed by atoms with Gasteiger partial charge in [0.05, 0.1) is 6.04 Å². The number of carbonyl (C=O) groups is 1. The van der Waals surface area contributed by atoms with E-state index in [4.69, 9.17) is 0 Å². The van der Waals surface area contributed by atoms with E-state index in [-0.39, 0.29) is 11.5 Å². The number of nitrogens with zero attached hydrogens (tertiary/aromatic N) is 1. The molecule has 0 aromatic rings. The van der Waals surface area contributed by atoms with E-state index in [2.05, 4.69) is 32.7 Å². The second-order valence-corrected chi connectivity index (χ2v) is 6.75. The van der Waals surface area contributed by atoms with Gasteiger partial charge < -0.3 is 0 Å². The number of carbonyl (C=O) groups excluding carboxylic acids is 1. The molecule has 0 amide bonds. The Morgan fingerprint density at radius 2 is 2.13 bits per heavy atom. The summed E-state index contributed by atoms with van der Waals surface area (Å²) in [6, 6.07) is 0.172. The lowest BCUT2D eigenvalue weighted by atomic mass is 9.88. The highest BCUT2D eigenvalue weighted by Gasteiger charge is 2.26. The van der Waals surface area contributed by atoms with E-state index in [1.165, 1.54) is 5.75 Å². The van der Waals surface area contributed by atoms with Gasteiger partial charge in [0.1, 0.15) is 0 Å². The number of thioether (sulfide) groups is 1. The fraction of sp³-hybridized carbons (Fsp3) is 0.917. The molecule has 1 unspecified atom stereocenters. The van der Waals surface area contributed by atoms with E-state index in [1.54, 1.807) is 0 Å². The number of likely N-dealkylation sites (N-methyl/N-ethyl adjacent to an activating group) is 1. The maximum atomic E-state index is 12.0. The van der Waals surface area contributed by atoms with Crippen LogP contribution in [0, 0.1) is 5.41 Å². The summed E-state index contributed by atoms with van der Waals surface area (Å²) in [4.78, 5) is 14.2. The molecular formula is C12H23NOS. The third kappa shape index (κ3) is 4.56. The minimum Gasteiger partial charge on any atom is -0.298 e. The van der Waals surface area contributed by atoms with Gasteiger partial charge in [-0.15, -0.1) is 0 Å². The van der Waals surface area contributed by atoms with Crippen molar-refractivity contribution in [1.29, 1.82) is 0 Å². The molecule has 0 aliphatic carbocycles. The molecule has 1 aliphatic heterocycles. The lowest BCUT2D eigenvalue weighted by molar-refractivity contribution is -0.123. The molecule has 1 rings (SSSR count). The second kappa shape index (κ2) is 5.35. The quantitative estimate of drug-likeness (QED) is 0.741. The third-order valence-corrected chi connectivity index (χ3v) is 3.91. The van der Waals surface area contributed by atoms with Gasteiger partial charge in [-0.25, -0.2) is 0 Å². The zero-order chi connectivity index (χ0) is 11.5. The van der Waals surface area contributed by atoms with Crippen molar-refractivity contribution in [1.82, 2.24) is 4.90 Å². The normalized spacial score (nSPS) is 24.1. The largest absolute Gasteiger partial charge is 0.298 e. The lowest BCUT2D eigenvalue weighted by Gasteiger charge is -2.31. The van der Waals surface area contributed by atoms with Gasteiger partial charge >= 0.3 is 0 Å². The molecule has 15 heavy (non-hydrogen) atoms. The summed E-state index contributed by atoms with van der Waals surface area (Å²) in [5.41, 5.74) is 0.274. The number of rotatable bonds is 3. The maximum absolute atomic E-state index is 12.0. The maximum Gasteiger partial charge on any atom is 0.150 e. The van der Waals surface area contributed by atoms with Gasteiger partial charge in [-0.05, 0) is 18.9 Å². The molecule has 2 nitrogen and oxygen atoms in total. The summed E-state index contributed by atoms with van der Waals surface area (Å²) < 4.78 is 0. The highest BCUT2D eigenvalue weighted by molar-refractivity contribution is 7.99. The Kier molecular flexibility index (Phi) is 4.65. The predicted molar refractivity (Wildman–Crippen MR) is 67.4 cm³/mol. The molecule has 1 aliphatic rings. The average Bonchev–Trinajstić information content (AvgIpc) is 2.14. The van der Waals surface area contributed by atoms with Crippen LogP contribution in [0.4, 0.5) is 0 Å². The Balaban J connectivity index is 2.39. The minimum atomic E-state index is 0.172. The Hall–Kier alpha value is -0.0200. The molecule has 3 heteroatoms. The van der Waals surface area contributed by atoms with Crippen molar-refractivity contribution < 1.29 is 4.79 Å². The van der Waals surface area contributed by atoms with E-state index in [1.807, 2.05) is 11.8 Å². The summed E-state index contributed by atoms with van der Waals surface area (Å²) >= 11 is 1.91. The van der Waals surface area contributed by atoms with Crippen LogP contribution in [0.2, 0.25) is 0 Å². The van der Waals surface area contributed by atoms with Crippen molar-refractivity contribution in [3.05, 3.63) is 0 Å². The predicted octanol–water partition coefficient (Wildman–Crippen LogP) is 2.43. The first-order valence-corrected chi connectivity index (χ1v) is 6.86. The standard InChI is InChI=1S/C12H23NOS/c1-12(2,3)6-5-11(14)10-9-15-8-7-13(10)4/h10H,5-9H2,1-4H3. The lowest BCUT2D eigenvalue weighted by Crippen LogP contribution is -2.44. The molecule has 1 saturated heterocycles. The van der Waals surface area contributed by atoms with Crippen LogP contribution >= 0.6 is 11.8 Å². The third-order valence-electron chi connectivity index (χ3n) is 2.89. The number of hydrogen-bond donors (Lipinski definition) is 0. The topological polar surface area (TPSA) is 20.3 Å². The van der Waals surface area contributed by atoms with Gasteiger partial charge in [-0.1, -0.05) is 20.8 Å². The highest BCUT2D eigenvalue weighted by atomic mass is 32.2. The van der Waals surface area contributed by atoms with Crippen LogP contribution in [-0.4, -0.2) is 41.8 Å². The Labute approximate surface area is 97.8 Å². The van der Waals surface area contributed by atoms with Crippen LogP contribution in [0.25, 0.3) is 0 Å². The van der Waals surface area contributed by atoms with E-state index in [9.17, 15) is 4.79 Å². The SMILES string of the molecule is CN1CCSCC1C(=O)CCC(C)(C)C. The van der Waals surface area contributed by atoms with Crippen LogP contribution in [0.5, 0.6) is 0 Å². The highest BCUT2D eigenvalue weighted by Crippen LogP contribution is 2.23. The second-order valence-electron chi connectivity index (χ2n) is 5.60. The molecule has 1 heterocycles. The number of hydrogen-bond acceptors (Lipinski definition) is 3. The smallest absolute Gasteiger partial charge is 0.150 e. The van der Waals surface area contributed by atoms with Crippen molar-refractivity contribution >= 4 is 17.5 Å². The first kappa shape index (κ1) is 13.0. The van der Waals surface area contributed by atoms with Gasteiger partial charge in [0.25, 0.3) is 0 Å². The molecule has 0 N–H and O–H groups in total. The van der Waals surface area contributed by atoms with Crippen molar-refractivity contribution in [2.45, 2.75) is 39.7 Å². The van der Waals surface area contributed by atoms with Crippen LogP contribution in [0.1, 0.15) is 33.6 Å². The molecule has 0 aromatic carbocycles. The first-order valence-electron chi connectivity index (χ1n) is 5.71. The fourth-order valence-electron chi connectivity index (χ4n) is 1.69. The summed E-state index contributed by atoms with van der Waals surface area (Å²) in [6.45, 7) is 7.63. The monoisotopic (exact) mass is 229 g/mol. The van der Waals surface area contributed by atoms with Gasteiger partial charge in [-0.3, -0.25) is 9.69 Å².